The number of aryl methyl sites for hydroxylation is 1. The minimum atomic E-state index is -0.358. The van der Waals surface area contributed by atoms with Crippen LogP contribution in [0.15, 0.2) is 0 Å². The Morgan fingerprint density at radius 3 is 2.61 bits per heavy atom. The fourth-order valence-corrected chi connectivity index (χ4v) is 1.88. The molecule has 0 radical (unpaired) electrons. The van der Waals surface area contributed by atoms with Gasteiger partial charge >= 0.3 is 5.69 Å². The normalized spacial score (nSPS) is 10.9. The fraction of sp³-hybridized carbons (Fsp3) is 0.750. The molecule has 0 saturated heterocycles. The number of hydrogen-bond donors (Lipinski definition) is 1. The number of unbranched alkanes of at least 4 members (excludes halogenated alkanes) is 2. The van der Waals surface area contributed by atoms with Gasteiger partial charge in [0, 0.05) is 12.6 Å². The standard InChI is InChI=1S/C12H22N4O2/c1-5-6-7-8-13-12-11(16(17)18)10(4)14-15(12)9(2)3/h9,13H,5-8H2,1-4H3. The Bertz CT molecular complexity index is 412. The Morgan fingerprint density at radius 2 is 2.11 bits per heavy atom. The molecule has 0 atom stereocenters. The van der Waals surface area contributed by atoms with Crippen molar-refractivity contribution in [2.75, 3.05) is 11.9 Å². The second-order valence-electron chi connectivity index (χ2n) is 4.71. The van der Waals surface area contributed by atoms with E-state index in [-0.39, 0.29) is 16.7 Å². The molecule has 0 aliphatic heterocycles. The maximum absolute atomic E-state index is 11.1. The first-order valence-corrected chi connectivity index (χ1v) is 6.46. The molecule has 6 heteroatoms. The van der Waals surface area contributed by atoms with Crippen molar-refractivity contribution in [3.8, 4) is 0 Å². The van der Waals surface area contributed by atoms with Crippen LogP contribution in [0.1, 0.15) is 51.8 Å². The average molecular weight is 254 g/mol. The van der Waals surface area contributed by atoms with Crippen LogP contribution in [0.5, 0.6) is 0 Å². The zero-order valence-corrected chi connectivity index (χ0v) is 11.6. The quantitative estimate of drug-likeness (QED) is 0.460. The SMILES string of the molecule is CCCCCNc1c([N+](=O)[O-])c(C)nn1C(C)C. The van der Waals surface area contributed by atoms with Crippen molar-refractivity contribution in [2.24, 2.45) is 0 Å². The van der Waals surface area contributed by atoms with Crippen LogP contribution in [-0.4, -0.2) is 21.2 Å². The molecular weight excluding hydrogens is 232 g/mol. The van der Waals surface area contributed by atoms with Gasteiger partial charge in [-0.15, -0.1) is 0 Å². The molecule has 0 fully saturated rings. The predicted molar refractivity (Wildman–Crippen MR) is 72.0 cm³/mol. The Labute approximate surface area is 108 Å². The summed E-state index contributed by atoms with van der Waals surface area (Å²) in [5.74, 6) is 0.531. The van der Waals surface area contributed by atoms with E-state index in [4.69, 9.17) is 0 Å². The molecule has 1 N–H and O–H groups in total. The third-order valence-electron chi connectivity index (χ3n) is 2.80. The van der Waals surface area contributed by atoms with Crippen molar-refractivity contribution in [3.63, 3.8) is 0 Å². The lowest BCUT2D eigenvalue weighted by atomic mass is 10.2. The lowest BCUT2D eigenvalue weighted by Crippen LogP contribution is -2.12. The molecule has 6 nitrogen and oxygen atoms in total. The summed E-state index contributed by atoms with van der Waals surface area (Å²) < 4.78 is 1.69. The van der Waals surface area contributed by atoms with Crippen LogP contribution in [0, 0.1) is 17.0 Å². The van der Waals surface area contributed by atoms with Gasteiger partial charge in [-0.05, 0) is 27.2 Å². The van der Waals surface area contributed by atoms with Gasteiger partial charge in [-0.25, -0.2) is 4.68 Å². The van der Waals surface area contributed by atoms with Crippen molar-refractivity contribution >= 4 is 11.5 Å². The molecule has 18 heavy (non-hydrogen) atoms. The highest BCUT2D eigenvalue weighted by Crippen LogP contribution is 2.30. The number of rotatable bonds is 7. The van der Waals surface area contributed by atoms with E-state index in [1.54, 1.807) is 11.6 Å². The van der Waals surface area contributed by atoms with Gasteiger partial charge in [0.25, 0.3) is 0 Å². The summed E-state index contributed by atoms with van der Waals surface area (Å²) in [4.78, 5) is 10.7. The van der Waals surface area contributed by atoms with Crippen molar-refractivity contribution < 1.29 is 4.92 Å². The Morgan fingerprint density at radius 1 is 1.44 bits per heavy atom. The maximum Gasteiger partial charge on any atom is 0.333 e. The summed E-state index contributed by atoms with van der Waals surface area (Å²) in [6.45, 7) is 8.48. The van der Waals surface area contributed by atoms with Gasteiger partial charge in [0.2, 0.25) is 5.82 Å². The second-order valence-corrected chi connectivity index (χ2v) is 4.71. The monoisotopic (exact) mass is 254 g/mol. The first kappa shape index (κ1) is 14.5. The Kier molecular flexibility index (Phi) is 5.12. The van der Waals surface area contributed by atoms with Gasteiger partial charge in [0.1, 0.15) is 5.69 Å². The summed E-state index contributed by atoms with van der Waals surface area (Å²) in [5, 5.41) is 18.5. The third kappa shape index (κ3) is 3.21. The van der Waals surface area contributed by atoms with E-state index in [2.05, 4.69) is 17.3 Å². The number of nitrogens with zero attached hydrogens (tertiary/aromatic N) is 3. The van der Waals surface area contributed by atoms with Gasteiger partial charge in [-0.2, -0.15) is 5.10 Å². The highest BCUT2D eigenvalue weighted by atomic mass is 16.6. The molecular formula is C12H22N4O2. The van der Waals surface area contributed by atoms with Crippen LogP contribution in [0.25, 0.3) is 0 Å². The number of nitrogens with one attached hydrogen (secondary N) is 1. The topological polar surface area (TPSA) is 73.0 Å². The van der Waals surface area contributed by atoms with Crippen LogP contribution in [0.2, 0.25) is 0 Å². The molecule has 1 rings (SSSR count). The van der Waals surface area contributed by atoms with Crippen LogP contribution >= 0.6 is 0 Å². The van der Waals surface area contributed by atoms with Crippen LogP contribution in [0.4, 0.5) is 11.5 Å². The fourth-order valence-electron chi connectivity index (χ4n) is 1.88. The molecule has 0 aromatic carbocycles. The van der Waals surface area contributed by atoms with E-state index in [1.165, 1.54) is 0 Å². The average Bonchev–Trinajstić information content (AvgIpc) is 2.62. The lowest BCUT2D eigenvalue weighted by Gasteiger charge is -2.11. The minimum absolute atomic E-state index is 0.0974. The van der Waals surface area contributed by atoms with Gasteiger partial charge < -0.3 is 5.32 Å². The van der Waals surface area contributed by atoms with E-state index < -0.39 is 0 Å². The number of hydrogen-bond acceptors (Lipinski definition) is 4. The van der Waals surface area contributed by atoms with Gasteiger partial charge in [-0.3, -0.25) is 10.1 Å². The molecule has 0 aliphatic carbocycles. The van der Waals surface area contributed by atoms with E-state index in [0.29, 0.717) is 11.5 Å². The Balaban J connectivity index is 2.93. The second kappa shape index (κ2) is 6.37. The first-order valence-electron chi connectivity index (χ1n) is 6.46. The van der Waals surface area contributed by atoms with E-state index >= 15 is 0 Å². The predicted octanol–water partition coefficient (Wildman–Crippen LogP) is 3.28. The zero-order valence-electron chi connectivity index (χ0n) is 11.6. The summed E-state index contributed by atoms with van der Waals surface area (Å²) in [6.07, 6.45) is 3.26. The lowest BCUT2D eigenvalue weighted by molar-refractivity contribution is -0.384. The van der Waals surface area contributed by atoms with E-state index in [0.717, 1.165) is 25.8 Å². The van der Waals surface area contributed by atoms with Gasteiger partial charge in [-0.1, -0.05) is 19.8 Å². The van der Waals surface area contributed by atoms with Crippen molar-refractivity contribution in [1.82, 2.24) is 9.78 Å². The summed E-state index contributed by atoms with van der Waals surface area (Å²) in [5.41, 5.74) is 0.562. The van der Waals surface area contributed by atoms with Crippen molar-refractivity contribution in [2.45, 2.75) is 53.0 Å². The molecule has 1 heterocycles. The smallest absolute Gasteiger partial charge is 0.333 e. The molecule has 0 aliphatic rings. The molecule has 0 unspecified atom stereocenters. The van der Waals surface area contributed by atoms with Crippen molar-refractivity contribution in [1.29, 1.82) is 0 Å². The highest BCUT2D eigenvalue weighted by Gasteiger charge is 2.25. The summed E-state index contributed by atoms with van der Waals surface area (Å²) >= 11 is 0. The number of aromatic nitrogens is 2. The molecule has 0 bridgehead atoms. The first-order chi connectivity index (χ1) is 8.49. The van der Waals surface area contributed by atoms with E-state index in [9.17, 15) is 10.1 Å². The Hall–Kier alpha value is -1.59. The number of anilines is 1. The van der Waals surface area contributed by atoms with Crippen LogP contribution < -0.4 is 5.32 Å². The maximum atomic E-state index is 11.1. The summed E-state index contributed by atoms with van der Waals surface area (Å²) in [6, 6.07) is 0.103. The summed E-state index contributed by atoms with van der Waals surface area (Å²) in [7, 11) is 0. The van der Waals surface area contributed by atoms with Gasteiger partial charge in [0.15, 0.2) is 0 Å². The van der Waals surface area contributed by atoms with Crippen LogP contribution in [-0.2, 0) is 0 Å². The third-order valence-corrected chi connectivity index (χ3v) is 2.80. The van der Waals surface area contributed by atoms with Gasteiger partial charge in [0.05, 0.1) is 4.92 Å². The molecule has 0 saturated carbocycles. The molecule has 1 aromatic heterocycles. The number of nitro groups is 1. The molecule has 1 aromatic rings. The van der Waals surface area contributed by atoms with Crippen LogP contribution in [0.3, 0.4) is 0 Å². The largest absolute Gasteiger partial charge is 0.365 e. The molecule has 0 spiro atoms. The minimum Gasteiger partial charge on any atom is -0.365 e. The molecule has 102 valence electrons. The molecule has 0 amide bonds. The highest BCUT2D eigenvalue weighted by molar-refractivity contribution is 5.59. The van der Waals surface area contributed by atoms with E-state index in [1.807, 2.05) is 13.8 Å². The van der Waals surface area contributed by atoms with Crippen molar-refractivity contribution in [3.05, 3.63) is 15.8 Å². The zero-order chi connectivity index (χ0) is 13.7.